The van der Waals surface area contributed by atoms with E-state index in [9.17, 15) is 14.4 Å². The second kappa shape index (κ2) is 10.6. The van der Waals surface area contributed by atoms with Crippen LogP contribution in [0.3, 0.4) is 0 Å². The Hall–Kier alpha value is -3.49. The van der Waals surface area contributed by atoms with Crippen molar-refractivity contribution in [2.75, 3.05) is 26.4 Å². The van der Waals surface area contributed by atoms with Gasteiger partial charge in [-0.05, 0) is 19.9 Å². The fraction of sp³-hybridized carbons (Fsp3) is 0.269. The van der Waals surface area contributed by atoms with Crippen LogP contribution in [0, 0.1) is 0 Å². The minimum absolute atomic E-state index is 0.137. The van der Waals surface area contributed by atoms with Crippen LogP contribution in [0.15, 0.2) is 59.4 Å². The molecule has 0 N–H and O–H groups in total. The van der Waals surface area contributed by atoms with Gasteiger partial charge < -0.3 is 14.2 Å². The van der Waals surface area contributed by atoms with Crippen LogP contribution in [0.5, 0.6) is 5.75 Å². The van der Waals surface area contributed by atoms with Crippen LogP contribution in [-0.2, 0) is 16.0 Å². The molecule has 0 saturated carbocycles. The number of esters is 1. The van der Waals surface area contributed by atoms with E-state index in [0.29, 0.717) is 29.0 Å². The van der Waals surface area contributed by atoms with Gasteiger partial charge in [0, 0.05) is 17.6 Å². The number of carbonyl (C=O) groups excluding carboxylic acids is 2. The highest BCUT2D eigenvalue weighted by Gasteiger charge is 2.26. The fourth-order valence-corrected chi connectivity index (χ4v) is 4.94. The van der Waals surface area contributed by atoms with Crippen molar-refractivity contribution in [3.05, 3.63) is 75.4 Å². The molecular weight excluding hydrogens is 454 g/mol. The molecule has 4 rings (SSSR count). The van der Waals surface area contributed by atoms with Gasteiger partial charge in [0.1, 0.15) is 12.0 Å². The number of aromatic nitrogens is 1. The molecule has 0 radical (unpaired) electrons. The standard InChI is InChI=1S/C26H25NO6S/c1-3-31-14-15-33-22-21-23(34-24(22)26(30)32-4-2)18-12-8-9-13-19(18)27(25(21)29)16-20(28)17-10-6-5-7-11-17/h5-13H,3-4,14-16H2,1-2H3. The third-order valence-electron chi connectivity index (χ3n) is 5.30. The summed E-state index contributed by atoms with van der Waals surface area (Å²) in [6.45, 7) is 4.66. The third kappa shape index (κ3) is 4.60. The predicted octanol–water partition coefficient (Wildman–Crippen LogP) is 4.69. The second-order valence-electron chi connectivity index (χ2n) is 7.43. The predicted molar refractivity (Wildman–Crippen MR) is 132 cm³/mol. The number of para-hydroxylation sites is 1. The normalized spacial score (nSPS) is 11.1. The van der Waals surface area contributed by atoms with Gasteiger partial charge in [-0.25, -0.2) is 4.79 Å². The van der Waals surface area contributed by atoms with E-state index < -0.39 is 11.5 Å². The Balaban J connectivity index is 1.91. The lowest BCUT2D eigenvalue weighted by Gasteiger charge is -2.12. The summed E-state index contributed by atoms with van der Waals surface area (Å²) < 4.78 is 18.6. The Kier molecular flexibility index (Phi) is 7.40. The van der Waals surface area contributed by atoms with E-state index in [-0.39, 0.29) is 41.6 Å². The average Bonchev–Trinajstić information content (AvgIpc) is 3.25. The summed E-state index contributed by atoms with van der Waals surface area (Å²) in [5, 5.41) is 1.03. The number of ether oxygens (including phenoxy) is 3. The maximum absolute atomic E-state index is 13.8. The van der Waals surface area contributed by atoms with E-state index >= 15 is 0 Å². The molecule has 8 heteroatoms. The monoisotopic (exact) mass is 479 g/mol. The lowest BCUT2D eigenvalue weighted by molar-refractivity contribution is 0.0525. The second-order valence-corrected chi connectivity index (χ2v) is 8.45. The zero-order chi connectivity index (χ0) is 24.1. The molecule has 0 atom stereocenters. The molecule has 0 unspecified atom stereocenters. The number of Topliss-reactive ketones (excluding diaryl/α,β-unsaturated/α-hetero) is 1. The lowest BCUT2D eigenvalue weighted by Crippen LogP contribution is -2.25. The number of benzene rings is 2. The van der Waals surface area contributed by atoms with Gasteiger partial charge in [-0.2, -0.15) is 0 Å². The molecule has 2 aromatic carbocycles. The topological polar surface area (TPSA) is 83.8 Å². The Morgan fingerprint density at radius 3 is 2.41 bits per heavy atom. The first-order chi connectivity index (χ1) is 16.6. The van der Waals surface area contributed by atoms with Crippen LogP contribution in [0.4, 0.5) is 0 Å². The highest BCUT2D eigenvalue weighted by atomic mass is 32.1. The van der Waals surface area contributed by atoms with Gasteiger partial charge in [0.15, 0.2) is 16.4 Å². The SMILES string of the molecule is CCOCCOc1c(C(=O)OCC)sc2c1c(=O)n(CC(=O)c1ccccc1)c1ccccc21. The van der Waals surface area contributed by atoms with Crippen molar-refractivity contribution in [2.24, 2.45) is 0 Å². The van der Waals surface area contributed by atoms with E-state index in [0.717, 1.165) is 16.7 Å². The molecule has 7 nitrogen and oxygen atoms in total. The number of fused-ring (bicyclic) bond motifs is 3. The summed E-state index contributed by atoms with van der Waals surface area (Å²) >= 11 is 1.16. The summed E-state index contributed by atoms with van der Waals surface area (Å²) in [4.78, 5) is 39.7. The molecule has 176 valence electrons. The zero-order valence-electron chi connectivity index (χ0n) is 19.0. The number of rotatable bonds is 10. The van der Waals surface area contributed by atoms with Crippen molar-refractivity contribution in [1.82, 2.24) is 4.57 Å². The van der Waals surface area contributed by atoms with Gasteiger partial charge in [-0.3, -0.25) is 14.2 Å². The first-order valence-corrected chi connectivity index (χ1v) is 11.9. The van der Waals surface area contributed by atoms with Crippen molar-refractivity contribution in [3.8, 4) is 5.75 Å². The Bertz CT molecular complexity index is 1390. The number of hydrogen-bond donors (Lipinski definition) is 0. The van der Waals surface area contributed by atoms with Crippen LogP contribution in [0.1, 0.15) is 33.9 Å². The van der Waals surface area contributed by atoms with Crippen LogP contribution >= 0.6 is 11.3 Å². The molecule has 34 heavy (non-hydrogen) atoms. The van der Waals surface area contributed by atoms with Crippen LogP contribution in [0.25, 0.3) is 21.0 Å². The number of ketones is 1. The number of nitrogens with zero attached hydrogens (tertiary/aromatic N) is 1. The molecule has 2 aromatic heterocycles. The van der Waals surface area contributed by atoms with Gasteiger partial charge in [0.2, 0.25) is 0 Å². The smallest absolute Gasteiger partial charge is 0.352 e. The van der Waals surface area contributed by atoms with E-state index in [2.05, 4.69) is 0 Å². The first kappa shape index (κ1) is 23.7. The summed E-state index contributed by atoms with van der Waals surface area (Å²) in [5.41, 5.74) is 0.738. The minimum Gasteiger partial charge on any atom is -0.489 e. The van der Waals surface area contributed by atoms with Gasteiger partial charge in [-0.1, -0.05) is 48.5 Å². The van der Waals surface area contributed by atoms with Crippen molar-refractivity contribution in [2.45, 2.75) is 20.4 Å². The van der Waals surface area contributed by atoms with E-state index in [1.54, 1.807) is 37.3 Å². The van der Waals surface area contributed by atoms with Crippen molar-refractivity contribution in [3.63, 3.8) is 0 Å². The molecule has 0 aliphatic rings. The molecule has 0 saturated heterocycles. The Morgan fingerprint density at radius 1 is 0.941 bits per heavy atom. The highest BCUT2D eigenvalue weighted by molar-refractivity contribution is 7.22. The largest absolute Gasteiger partial charge is 0.489 e. The van der Waals surface area contributed by atoms with E-state index in [1.165, 1.54) is 4.57 Å². The molecule has 0 spiro atoms. The molecule has 0 fully saturated rings. The summed E-state index contributed by atoms with van der Waals surface area (Å²) in [5.74, 6) is -0.563. The van der Waals surface area contributed by atoms with Gasteiger partial charge in [0.05, 0.1) is 30.0 Å². The summed E-state index contributed by atoms with van der Waals surface area (Å²) in [6.07, 6.45) is 0. The molecule has 0 bridgehead atoms. The fourth-order valence-electron chi connectivity index (χ4n) is 3.78. The summed E-state index contributed by atoms with van der Waals surface area (Å²) in [6, 6.07) is 16.2. The Morgan fingerprint density at radius 2 is 1.68 bits per heavy atom. The number of carbonyl (C=O) groups is 2. The molecular formula is C26H25NO6S. The van der Waals surface area contributed by atoms with Crippen LogP contribution in [-0.4, -0.2) is 42.7 Å². The minimum atomic E-state index is -0.550. The molecule has 0 aliphatic carbocycles. The van der Waals surface area contributed by atoms with Crippen molar-refractivity contribution >= 4 is 44.1 Å². The quantitative estimate of drug-likeness (QED) is 0.186. The van der Waals surface area contributed by atoms with Gasteiger partial charge in [0.25, 0.3) is 5.56 Å². The van der Waals surface area contributed by atoms with Gasteiger partial charge >= 0.3 is 5.97 Å². The number of hydrogen-bond acceptors (Lipinski definition) is 7. The maximum Gasteiger partial charge on any atom is 0.352 e. The average molecular weight is 480 g/mol. The molecule has 0 amide bonds. The maximum atomic E-state index is 13.8. The number of pyridine rings is 1. The van der Waals surface area contributed by atoms with Gasteiger partial charge in [-0.15, -0.1) is 11.3 Å². The first-order valence-electron chi connectivity index (χ1n) is 11.1. The highest BCUT2D eigenvalue weighted by Crippen LogP contribution is 2.40. The van der Waals surface area contributed by atoms with Crippen LogP contribution in [0.2, 0.25) is 0 Å². The molecule has 4 aromatic rings. The number of thiophene rings is 1. The third-order valence-corrected chi connectivity index (χ3v) is 6.48. The van der Waals surface area contributed by atoms with Crippen molar-refractivity contribution < 1.29 is 23.8 Å². The summed E-state index contributed by atoms with van der Waals surface area (Å²) in [7, 11) is 0. The Labute approximate surface area is 200 Å². The molecule has 0 aliphatic heterocycles. The van der Waals surface area contributed by atoms with Crippen LogP contribution < -0.4 is 10.3 Å². The van der Waals surface area contributed by atoms with Crippen molar-refractivity contribution in [1.29, 1.82) is 0 Å². The molecule has 2 heterocycles. The lowest BCUT2D eigenvalue weighted by atomic mass is 10.1. The van der Waals surface area contributed by atoms with E-state index in [4.69, 9.17) is 14.2 Å². The van der Waals surface area contributed by atoms with E-state index in [1.807, 2.05) is 31.2 Å². The zero-order valence-corrected chi connectivity index (χ0v) is 19.9.